The number of halogens is 1. The molecule has 102 valence electrons. The second-order valence-electron chi connectivity index (χ2n) is 4.37. The molecule has 0 unspecified atom stereocenters. The molecule has 2 aromatic carbocycles. The van der Waals surface area contributed by atoms with Gasteiger partial charge in [0.05, 0.1) is 0 Å². The highest BCUT2D eigenvalue weighted by Crippen LogP contribution is 2.30. The smallest absolute Gasteiger partial charge is 0.134 e. The zero-order chi connectivity index (χ0) is 13.9. The molecule has 0 fully saturated rings. The summed E-state index contributed by atoms with van der Waals surface area (Å²) in [6, 6.07) is 11.7. The SMILES string of the molecule is ON=C1COc2cc(OCc3ccccc3F)ccc21. The van der Waals surface area contributed by atoms with Gasteiger partial charge < -0.3 is 14.7 Å². The Morgan fingerprint density at radius 2 is 2.10 bits per heavy atom. The van der Waals surface area contributed by atoms with Crippen LogP contribution in [0.15, 0.2) is 47.6 Å². The second kappa shape index (κ2) is 5.21. The maximum atomic E-state index is 13.5. The van der Waals surface area contributed by atoms with Crippen LogP contribution in [-0.2, 0) is 6.61 Å². The van der Waals surface area contributed by atoms with Crippen molar-refractivity contribution in [2.75, 3.05) is 6.61 Å². The minimum atomic E-state index is -0.292. The molecule has 3 rings (SSSR count). The van der Waals surface area contributed by atoms with E-state index in [1.165, 1.54) is 6.07 Å². The highest BCUT2D eigenvalue weighted by molar-refractivity contribution is 6.05. The molecule has 0 aromatic heterocycles. The van der Waals surface area contributed by atoms with E-state index in [0.29, 0.717) is 22.8 Å². The molecular formula is C15H12FNO3. The maximum absolute atomic E-state index is 13.5. The highest BCUT2D eigenvalue weighted by Gasteiger charge is 2.20. The third-order valence-electron chi connectivity index (χ3n) is 3.10. The van der Waals surface area contributed by atoms with E-state index in [1.54, 1.807) is 36.4 Å². The molecule has 0 radical (unpaired) electrons. The summed E-state index contributed by atoms with van der Waals surface area (Å²) in [6.45, 7) is 0.384. The van der Waals surface area contributed by atoms with Crippen molar-refractivity contribution < 1.29 is 19.1 Å². The van der Waals surface area contributed by atoms with Gasteiger partial charge in [-0.3, -0.25) is 0 Å². The first-order chi connectivity index (χ1) is 9.78. The van der Waals surface area contributed by atoms with E-state index in [9.17, 15) is 4.39 Å². The fraction of sp³-hybridized carbons (Fsp3) is 0.133. The number of rotatable bonds is 3. The molecule has 0 bridgehead atoms. The molecule has 20 heavy (non-hydrogen) atoms. The van der Waals surface area contributed by atoms with Crippen molar-refractivity contribution in [1.29, 1.82) is 0 Å². The Kier molecular flexibility index (Phi) is 3.25. The summed E-state index contributed by atoms with van der Waals surface area (Å²) in [5.41, 5.74) is 1.72. The first kappa shape index (κ1) is 12.5. The Morgan fingerprint density at radius 1 is 1.25 bits per heavy atom. The minimum absolute atomic E-state index is 0.145. The van der Waals surface area contributed by atoms with Gasteiger partial charge in [0.2, 0.25) is 0 Å². The predicted molar refractivity (Wildman–Crippen MR) is 71.0 cm³/mol. The summed E-state index contributed by atoms with van der Waals surface area (Å²) >= 11 is 0. The van der Waals surface area contributed by atoms with Crippen LogP contribution in [0.4, 0.5) is 4.39 Å². The van der Waals surface area contributed by atoms with E-state index < -0.39 is 0 Å². The van der Waals surface area contributed by atoms with E-state index in [0.717, 1.165) is 5.56 Å². The van der Waals surface area contributed by atoms with Crippen molar-refractivity contribution in [2.45, 2.75) is 6.61 Å². The summed E-state index contributed by atoms with van der Waals surface area (Å²) < 4.78 is 24.4. The molecule has 4 nitrogen and oxygen atoms in total. The minimum Gasteiger partial charge on any atom is -0.489 e. The largest absolute Gasteiger partial charge is 0.489 e. The van der Waals surface area contributed by atoms with Crippen LogP contribution in [0.3, 0.4) is 0 Å². The average Bonchev–Trinajstić information content (AvgIpc) is 2.88. The van der Waals surface area contributed by atoms with E-state index in [1.807, 2.05) is 0 Å². The monoisotopic (exact) mass is 273 g/mol. The molecule has 0 atom stereocenters. The lowest BCUT2D eigenvalue weighted by Crippen LogP contribution is -2.01. The lowest BCUT2D eigenvalue weighted by Gasteiger charge is -2.08. The summed E-state index contributed by atoms with van der Waals surface area (Å²) in [5, 5.41) is 12.0. The van der Waals surface area contributed by atoms with Crippen molar-refractivity contribution in [3.05, 3.63) is 59.4 Å². The number of ether oxygens (including phenoxy) is 2. The van der Waals surface area contributed by atoms with Crippen LogP contribution in [0.25, 0.3) is 0 Å². The van der Waals surface area contributed by atoms with Crippen LogP contribution >= 0.6 is 0 Å². The van der Waals surface area contributed by atoms with Gasteiger partial charge in [-0.05, 0) is 18.2 Å². The summed E-state index contributed by atoms with van der Waals surface area (Å²) in [4.78, 5) is 0. The molecule has 1 aliphatic heterocycles. The third-order valence-corrected chi connectivity index (χ3v) is 3.10. The van der Waals surface area contributed by atoms with Crippen LogP contribution in [0.2, 0.25) is 0 Å². The molecule has 0 saturated carbocycles. The molecule has 1 heterocycles. The van der Waals surface area contributed by atoms with Crippen LogP contribution in [0.5, 0.6) is 11.5 Å². The first-order valence-electron chi connectivity index (χ1n) is 6.12. The van der Waals surface area contributed by atoms with E-state index >= 15 is 0 Å². The number of nitrogens with zero attached hydrogens (tertiary/aromatic N) is 1. The first-order valence-corrected chi connectivity index (χ1v) is 6.12. The van der Waals surface area contributed by atoms with Crippen LogP contribution in [0.1, 0.15) is 11.1 Å². The molecule has 5 heteroatoms. The zero-order valence-electron chi connectivity index (χ0n) is 10.5. The van der Waals surface area contributed by atoms with Crippen molar-refractivity contribution in [1.82, 2.24) is 0 Å². The van der Waals surface area contributed by atoms with Crippen molar-refractivity contribution in [3.63, 3.8) is 0 Å². The Morgan fingerprint density at radius 3 is 2.90 bits per heavy atom. The number of hydrogen-bond acceptors (Lipinski definition) is 4. The molecule has 2 aromatic rings. The number of fused-ring (bicyclic) bond motifs is 1. The van der Waals surface area contributed by atoms with Crippen LogP contribution in [-0.4, -0.2) is 17.5 Å². The lowest BCUT2D eigenvalue weighted by molar-refractivity contribution is 0.297. The molecule has 1 aliphatic rings. The molecule has 0 spiro atoms. The Bertz CT molecular complexity index is 670. The van der Waals surface area contributed by atoms with Crippen LogP contribution in [0, 0.1) is 5.82 Å². The Labute approximate surface area is 115 Å². The number of benzene rings is 2. The Hall–Kier alpha value is -2.56. The zero-order valence-corrected chi connectivity index (χ0v) is 10.5. The maximum Gasteiger partial charge on any atom is 0.134 e. The molecular weight excluding hydrogens is 261 g/mol. The van der Waals surface area contributed by atoms with Crippen molar-refractivity contribution in [2.24, 2.45) is 5.16 Å². The lowest BCUT2D eigenvalue weighted by atomic mass is 10.1. The van der Waals surface area contributed by atoms with Gasteiger partial charge in [-0.2, -0.15) is 0 Å². The summed E-state index contributed by atoms with van der Waals surface area (Å²) in [6.07, 6.45) is 0. The summed E-state index contributed by atoms with van der Waals surface area (Å²) in [5.74, 6) is 0.884. The van der Waals surface area contributed by atoms with Gasteiger partial charge >= 0.3 is 0 Å². The molecule has 0 aliphatic carbocycles. The van der Waals surface area contributed by atoms with Gasteiger partial charge in [-0.1, -0.05) is 23.4 Å². The highest BCUT2D eigenvalue weighted by atomic mass is 19.1. The van der Waals surface area contributed by atoms with Gasteiger partial charge in [0.25, 0.3) is 0 Å². The quantitative estimate of drug-likeness (QED) is 0.691. The van der Waals surface area contributed by atoms with Crippen molar-refractivity contribution >= 4 is 5.71 Å². The summed E-state index contributed by atoms with van der Waals surface area (Å²) in [7, 11) is 0. The standard InChI is InChI=1S/C15H12FNO3/c16-13-4-2-1-3-10(13)8-19-11-5-6-12-14(17-18)9-20-15(12)7-11/h1-7,18H,8-9H2. The normalized spacial score (nSPS) is 14.9. The van der Waals surface area contributed by atoms with E-state index in [4.69, 9.17) is 14.7 Å². The fourth-order valence-corrected chi connectivity index (χ4v) is 2.03. The van der Waals surface area contributed by atoms with Gasteiger partial charge in [0.1, 0.15) is 36.2 Å². The number of oxime groups is 1. The van der Waals surface area contributed by atoms with Crippen molar-refractivity contribution in [3.8, 4) is 11.5 Å². The predicted octanol–water partition coefficient (Wildman–Crippen LogP) is 2.98. The second-order valence-corrected chi connectivity index (χ2v) is 4.37. The topological polar surface area (TPSA) is 51.1 Å². The van der Waals surface area contributed by atoms with Gasteiger partial charge in [0.15, 0.2) is 0 Å². The molecule has 0 saturated heterocycles. The molecule has 1 N–H and O–H groups in total. The van der Waals surface area contributed by atoms with Gasteiger partial charge in [-0.15, -0.1) is 0 Å². The van der Waals surface area contributed by atoms with Gasteiger partial charge in [-0.25, -0.2) is 4.39 Å². The van der Waals surface area contributed by atoms with E-state index in [-0.39, 0.29) is 19.0 Å². The third kappa shape index (κ3) is 2.30. The van der Waals surface area contributed by atoms with E-state index in [2.05, 4.69) is 5.16 Å². The van der Waals surface area contributed by atoms with Gasteiger partial charge in [0, 0.05) is 17.2 Å². The fourth-order valence-electron chi connectivity index (χ4n) is 2.03. The molecule has 0 amide bonds. The van der Waals surface area contributed by atoms with Crippen LogP contribution < -0.4 is 9.47 Å². The average molecular weight is 273 g/mol. The Balaban J connectivity index is 1.75. The number of hydrogen-bond donors (Lipinski definition) is 1.